The summed E-state index contributed by atoms with van der Waals surface area (Å²) in [5.74, 6) is -0.444. The molecular formula is C15H25NO4. The summed E-state index contributed by atoms with van der Waals surface area (Å²) in [6.45, 7) is 5.47. The molecule has 20 heavy (non-hydrogen) atoms. The second-order valence-corrected chi connectivity index (χ2v) is 5.98. The van der Waals surface area contributed by atoms with E-state index in [2.05, 4.69) is 11.4 Å². The van der Waals surface area contributed by atoms with Crippen molar-refractivity contribution in [3.63, 3.8) is 0 Å². The molecule has 1 N–H and O–H groups in total. The monoisotopic (exact) mass is 283 g/mol. The third kappa shape index (κ3) is 7.81. The highest BCUT2D eigenvalue weighted by molar-refractivity contribution is 5.78. The van der Waals surface area contributed by atoms with Crippen LogP contribution in [0.5, 0.6) is 0 Å². The summed E-state index contributed by atoms with van der Waals surface area (Å²) < 4.78 is 10.2. The number of hydrogen-bond donors (Lipinski definition) is 1. The fraction of sp³-hybridized carbons (Fsp3) is 0.733. The van der Waals surface area contributed by atoms with Gasteiger partial charge in [0.15, 0.2) is 0 Å². The number of esters is 1. The Labute approximate surface area is 120 Å². The molecule has 0 bridgehead atoms. The fourth-order valence-electron chi connectivity index (χ4n) is 1.90. The van der Waals surface area contributed by atoms with Crippen LogP contribution < -0.4 is 5.32 Å². The lowest BCUT2D eigenvalue weighted by atomic mass is 10.1. The van der Waals surface area contributed by atoms with E-state index in [4.69, 9.17) is 9.47 Å². The van der Waals surface area contributed by atoms with Gasteiger partial charge in [0.2, 0.25) is 0 Å². The molecule has 114 valence electrons. The van der Waals surface area contributed by atoms with Gasteiger partial charge in [-0.2, -0.15) is 0 Å². The number of nitrogens with one attached hydrogen (secondary N) is 1. The maximum absolute atomic E-state index is 11.5. The van der Waals surface area contributed by atoms with Crippen LogP contribution in [0.2, 0.25) is 0 Å². The van der Waals surface area contributed by atoms with Crippen LogP contribution >= 0.6 is 0 Å². The van der Waals surface area contributed by atoms with Crippen LogP contribution in [0.4, 0.5) is 4.79 Å². The molecule has 0 atom stereocenters. The first kappa shape index (κ1) is 16.5. The molecule has 0 aliphatic heterocycles. The SMILES string of the molecule is CC(C)(C)OC(=O)NCC(=O)OCC1=CCCCCC1. The predicted molar refractivity (Wildman–Crippen MR) is 76.4 cm³/mol. The van der Waals surface area contributed by atoms with Crippen molar-refractivity contribution in [2.24, 2.45) is 0 Å². The topological polar surface area (TPSA) is 64.6 Å². The molecule has 0 spiro atoms. The van der Waals surface area contributed by atoms with Gasteiger partial charge in [-0.15, -0.1) is 0 Å². The van der Waals surface area contributed by atoms with Gasteiger partial charge in [0.05, 0.1) is 0 Å². The predicted octanol–water partition coefficient (Wildman–Crippen LogP) is 2.94. The molecule has 5 heteroatoms. The normalized spacial score (nSPS) is 15.8. The zero-order chi connectivity index (χ0) is 15.0. The molecule has 1 amide bonds. The van der Waals surface area contributed by atoms with Gasteiger partial charge in [-0.3, -0.25) is 4.79 Å². The van der Waals surface area contributed by atoms with E-state index < -0.39 is 17.7 Å². The number of allylic oxidation sites excluding steroid dienone is 1. The van der Waals surface area contributed by atoms with E-state index in [1.807, 2.05) is 0 Å². The second kappa shape index (κ2) is 7.92. The number of rotatable bonds is 4. The van der Waals surface area contributed by atoms with Crippen molar-refractivity contribution in [1.82, 2.24) is 5.32 Å². The number of ether oxygens (including phenoxy) is 2. The minimum atomic E-state index is -0.608. The smallest absolute Gasteiger partial charge is 0.408 e. The molecule has 1 aliphatic rings. The van der Waals surface area contributed by atoms with E-state index >= 15 is 0 Å². The maximum Gasteiger partial charge on any atom is 0.408 e. The van der Waals surface area contributed by atoms with E-state index in [-0.39, 0.29) is 6.54 Å². The molecule has 1 aliphatic carbocycles. The summed E-state index contributed by atoms with van der Waals surface area (Å²) >= 11 is 0. The van der Waals surface area contributed by atoms with E-state index in [9.17, 15) is 9.59 Å². The number of hydrogen-bond acceptors (Lipinski definition) is 4. The van der Waals surface area contributed by atoms with Crippen molar-refractivity contribution in [1.29, 1.82) is 0 Å². The van der Waals surface area contributed by atoms with Crippen molar-refractivity contribution >= 4 is 12.1 Å². The summed E-state index contributed by atoms with van der Waals surface area (Å²) in [6, 6.07) is 0. The average Bonchev–Trinajstić information content (AvgIpc) is 2.60. The summed E-state index contributed by atoms with van der Waals surface area (Å²) in [7, 11) is 0. The Balaban J connectivity index is 2.20. The van der Waals surface area contributed by atoms with Gasteiger partial charge in [-0.25, -0.2) is 4.79 Å². The summed E-state index contributed by atoms with van der Waals surface area (Å²) in [5.41, 5.74) is 0.604. The van der Waals surface area contributed by atoms with Crippen molar-refractivity contribution in [2.75, 3.05) is 13.2 Å². The molecule has 0 saturated heterocycles. The average molecular weight is 283 g/mol. The quantitative estimate of drug-likeness (QED) is 0.636. The number of carbonyl (C=O) groups is 2. The number of carbonyl (C=O) groups excluding carboxylic acids is 2. The van der Waals surface area contributed by atoms with Crippen LogP contribution in [0.1, 0.15) is 52.9 Å². The highest BCUT2D eigenvalue weighted by Gasteiger charge is 2.17. The summed E-state index contributed by atoms with van der Waals surface area (Å²) in [6.07, 6.45) is 7.19. The molecule has 0 aromatic heterocycles. The molecule has 0 aromatic rings. The summed E-state index contributed by atoms with van der Waals surface area (Å²) in [4.78, 5) is 22.9. The van der Waals surface area contributed by atoms with Crippen LogP contribution in [-0.2, 0) is 14.3 Å². The first-order chi connectivity index (χ1) is 9.37. The molecule has 0 aromatic carbocycles. The Morgan fingerprint density at radius 2 is 2.00 bits per heavy atom. The zero-order valence-electron chi connectivity index (χ0n) is 12.7. The lowest BCUT2D eigenvalue weighted by molar-refractivity contribution is -0.141. The Bertz CT molecular complexity index is 369. The van der Waals surface area contributed by atoms with Crippen molar-refractivity contribution < 1.29 is 19.1 Å². The lowest BCUT2D eigenvalue weighted by Gasteiger charge is -2.19. The molecule has 0 heterocycles. The van der Waals surface area contributed by atoms with Crippen LogP contribution in [0.25, 0.3) is 0 Å². The minimum Gasteiger partial charge on any atom is -0.460 e. The van der Waals surface area contributed by atoms with Crippen LogP contribution in [0.3, 0.4) is 0 Å². The first-order valence-corrected chi connectivity index (χ1v) is 7.17. The number of alkyl carbamates (subject to hydrolysis) is 1. The van der Waals surface area contributed by atoms with Gasteiger partial charge in [-0.05, 0) is 52.0 Å². The maximum atomic E-state index is 11.5. The third-order valence-corrected chi connectivity index (χ3v) is 2.83. The standard InChI is InChI=1S/C15H25NO4/c1-15(2,3)20-14(18)16-10-13(17)19-11-12-8-6-4-5-7-9-12/h8H,4-7,9-11H2,1-3H3,(H,16,18). The Morgan fingerprint density at radius 3 is 2.70 bits per heavy atom. The Morgan fingerprint density at radius 1 is 1.25 bits per heavy atom. The second-order valence-electron chi connectivity index (χ2n) is 5.98. The third-order valence-electron chi connectivity index (χ3n) is 2.83. The molecule has 0 saturated carbocycles. The fourth-order valence-corrected chi connectivity index (χ4v) is 1.90. The molecule has 1 rings (SSSR count). The van der Waals surface area contributed by atoms with Gasteiger partial charge >= 0.3 is 12.1 Å². The lowest BCUT2D eigenvalue weighted by Crippen LogP contribution is -2.36. The van der Waals surface area contributed by atoms with E-state index in [0.29, 0.717) is 6.61 Å². The highest BCUT2D eigenvalue weighted by atomic mass is 16.6. The highest BCUT2D eigenvalue weighted by Crippen LogP contribution is 2.17. The van der Waals surface area contributed by atoms with Gasteiger partial charge in [0, 0.05) is 0 Å². The molecule has 5 nitrogen and oxygen atoms in total. The van der Waals surface area contributed by atoms with E-state index in [0.717, 1.165) is 19.3 Å². The molecule has 0 unspecified atom stereocenters. The van der Waals surface area contributed by atoms with Gasteiger partial charge < -0.3 is 14.8 Å². The molecular weight excluding hydrogens is 258 g/mol. The van der Waals surface area contributed by atoms with Crippen LogP contribution in [-0.4, -0.2) is 30.8 Å². The van der Waals surface area contributed by atoms with Crippen LogP contribution in [0, 0.1) is 0 Å². The zero-order valence-corrected chi connectivity index (χ0v) is 12.7. The van der Waals surface area contributed by atoms with Gasteiger partial charge in [0.25, 0.3) is 0 Å². The van der Waals surface area contributed by atoms with E-state index in [1.165, 1.54) is 18.4 Å². The minimum absolute atomic E-state index is 0.164. The largest absolute Gasteiger partial charge is 0.460 e. The Hall–Kier alpha value is -1.52. The molecule has 0 fully saturated rings. The van der Waals surface area contributed by atoms with Crippen molar-refractivity contribution in [2.45, 2.75) is 58.5 Å². The van der Waals surface area contributed by atoms with E-state index in [1.54, 1.807) is 20.8 Å². The number of amides is 1. The Kier molecular flexibility index (Phi) is 6.55. The first-order valence-electron chi connectivity index (χ1n) is 7.17. The van der Waals surface area contributed by atoms with Crippen molar-refractivity contribution in [3.8, 4) is 0 Å². The molecule has 0 radical (unpaired) electrons. The van der Waals surface area contributed by atoms with Crippen molar-refractivity contribution in [3.05, 3.63) is 11.6 Å². The summed E-state index contributed by atoms with van der Waals surface area (Å²) in [5, 5.41) is 2.38. The van der Waals surface area contributed by atoms with Gasteiger partial charge in [0.1, 0.15) is 18.8 Å². The van der Waals surface area contributed by atoms with Crippen LogP contribution in [0.15, 0.2) is 11.6 Å². The van der Waals surface area contributed by atoms with Gasteiger partial charge in [-0.1, -0.05) is 12.5 Å².